The first-order valence-electron chi connectivity index (χ1n) is 14.4. The lowest BCUT2D eigenvalue weighted by atomic mass is 10.1. The fourth-order valence-electron chi connectivity index (χ4n) is 4.54. The third kappa shape index (κ3) is 8.86. The van der Waals surface area contributed by atoms with Gasteiger partial charge in [0.15, 0.2) is 0 Å². The topological polar surface area (TPSA) is 117 Å². The normalized spacial score (nSPS) is 11.7. The van der Waals surface area contributed by atoms with Gasteiger partial charge in [-0.25, -0.2) is 4.39 Å². The Morgan fingerprint density at radius 2 is 1.49 bits per heavy atom. The molecule has 0 saturated carbocycles. The maximum atomic E-state index is 13.7. The molecule has 0 radical (unpaired) electrons. The van der Waals surface area contributed by atoms with Crippen LogP contribution < -0.4 is 20.7 Å². The van der Waals surface area contributed by atoms with Crippen molar-refractivity contribution < 1.29 is 28.6 Å². The van der Waals surface area contributed by atoms with E-state index < -0.39 is 22.9 Å². The second-order valence-corrected chi connectivity index (χ2v) is 11.4. The molecule has 5 aromatic carbocycles. The van der Waals surface area contributed by atoms with Gasteiger partial charge in [0.25, 0.3) is 11.8 Å². The number of methoxy groups -OCH3 is 1. The molecule has 47 heavy (non-hydrogen) atoms. The van der Waals surface area contributed by atoms with E-state index in [2.05, 4.69) is 16.0 Å². The van der Waals surface area contributed by atoms with Crippen LogP contribution in [0.4, 0.5) is 15.8 Å². The summed E-state index contributed by atoms with van der Waals surface area (Å²) in [6.07, 6.45) is 1.46. The van der Waals surface area contributed by atoms with E-state index in [1.165, 1.54) is 61.3 Å². The summed E-state index contributed by atoms with van der Waals surface area (Å²) in [7, 11) is 1.43. The van der Waals surface area contributed by atoms with Gasteiger partial charge >= 0.3 is 0 Å². The van der Waals surface area contributed by atoms with Crippen molar-refractivity contribution in [1.29, 1.82) is 0 Å². The van der Waals surface area contributed by atoms with Crippen molar-refractivity contribution in [2.45, 2.75) is 10.1 Å². The van der Waals surface area contributed by atoms with Crippen LogP contribution in [0.2, 0.25) is 0 Å². The van der Waals surface area contributed by atoms with Crippen LogP contribution in [0, 0.1) is 5.82 Å². The number of benzene rings is 5. The number of carbonyl (C=O) groups is 3. The van der Waals surface area contributed by atoms with E-state index in [-0.39, 0.29) is 17.4 Å². The van der Waals surface area contributed by atoms with Crippen molar-refractivity contribution in [3.63, 3.8) is 0 Å². The summed E-state index contributed by atoms with van der Waals surface area (Å²) in [5, 5.41) is 17.6. The molecule has 0 aliphatic carbocycles. The number of phenolic OH excluding ortho intramolecular Hbond substituents is 1. The SMILES string of the molecule is COc1cc(O)ccc1/C=C(/NC(=O)c1ccccc1)C(=O)Nc1cccc(SC(C(=O)Nc2ccc(F)cc2)c2ccccc2)c1. The maximum Gasteiger partial charge on any atom is 0.272 e. The van der Waals surface area contributed by atoms with Crippen molar-refractivity contribution in [2.75, 3.05) is 17.7 Å². The number of nitrogens with one attached hydrogen (secondary N) is 3. The number of hydrogen-bond acceptors (Lipinski definition) is 6. The highest BCUT2D eigenvalue weighted by atomic mass is 32.2. The van der Waals surface area contributed by atoms with Gasteiger partial charge in [-0.2, -0.15) is 0 Å². The van der Waals surface area contributed by atoms with Gasteiger partial charge in [-0.3, -0.25) is 14.4 Å². The Labute approximate surface area is 275 Å². The van der Waals surface area contributed by atoms with Crippen LogP contribution in [0.15, 0.2) is 138 Å². The van der Waals surface area contributed by atoms with Gasteiger partial charge < -0.3 is 25.8 Å². The average Bonchev–Trinajstić information content (AvgIpc) is 3.09. The molecule has 0 heterocycles. The van der Waals surface area contributed by atoms with Crippen LogP contribution in [0.5, 0.6) is 11.5 Å². The van der Waals surface area contributed by atoms with Crippen LogP contribution in [0.3, 0.4) is 0 Å². The van der Waals surface area contributed by atoms with Crippen LogP contribution in [0.25, 0.3) is 6.08 Å². The molecule has 0 aliphatic heterocycles. The minimum atomic E-state index is -0.671. The summed E-state index contributed by atoms with van der Waals surface area (Å²) >= 11 is 1.28. The predicted octanol–water partition coefficient (Wildman–Crippen LogP) is 7.42. The Kier molecular flexibility index (Phi) is 10.7. The van der Waals surface area contributed by atoms with Crippen LogP contribution in [0.1, 0.15) is 26.7 Å². The molecule has 0 saturated heterocycles. The molecule has 5 aromatic rings. The molecule has 5 rings (SSSR count). The zero-order chi connectivity index (χ0) is 33.2. The fourth-order valence-corrected chi connectivity index (χ4v) is 5.62. The standard InChI is InChI=1S/C37H30FN3O5S/c1-46-33-23-30(42)20-15-26(33)21-32(41-35(43)25-11-6-3-7-12-25)36(44)40-29-13-8-14-31(22-29)47-34(24-9-4-2-5-10-24)37(45)39-28-18-16-27(38)17-19-28/h2-23,34,42H,1H3,(H,39,45)(H,40,44)(H,41,43)/b32-21+. The maximum absolute atomic E-state index is 13.7. The number of carbonyl (C=O) groups excluding carboxylic acids is 3. The number of amides is 3. The van der Waals surface area contributed by atoms with Crippen molar-refractivity contribution in [3.8, 4) is 11.5 Å². The third-order valence-corrected chi connectivity index (χ3v) is 8.09. The van der Waals surface area contributed by atoms with Crippen LogP contribution in [-0.4, -0.2) is 29.9 Å². The predicted molar refractivity (Wildman–Crippen MR) is 182 cm³/mol. The zero-order valence-electron chi connectivity index (χ0n) is 25.1. The second kappa shape index (κ2) is 15.4. The number of aromatic hydroxyl groups is 1. The van der Waals surface area contributed by atoms with Crippen molar-refractivity contribution in [2.24, 2.45) is 0 Å². The fraction of sp³-hybridized carbons (Fsp3) is 0.0541. The molecule has 4 N–H and O–H groups in total. The summed E-state index contributed by atoms with van der Waals surface area (Å²) in [4.78, 5) is 40.9. The lowest BCUT2D eigenvalue weighted by Crippen LogP contribution is -2.30. The lowest BCUT2D eigenvalue weighted by molar-refractivity contribution is -0.116. The van der Waals surface area contributed by atoms with Crippen LogP contribution in [-0.2, 0) is 9.59 Å². The largest absolute Gasteiger partial charge is 0.508 e. The molecule has 0 aliphatic rings. The van der Waals surface area contributed by atoms with Gasteiger partial charge in [0.1, 0.15) is 28.3 Å². The van der Waals surface area contributed by atoms with Gasteiger partial charge in [0, 0.05) is 33.5 Å². The minimum Gasteiger partial charge on any atom is -0.508 e. The monoisotopic (exact) mass is 647 g/mol. The minimum absolute atomic E-state index is 0.0206. The Morgan fingerprint density at radius 1 is 0.787 bits per heavy atom. The van der Waals surface area contributed by atoms with Gasteiger partial charge in [-0.15, -0.1) is 11.8 Å². The zero-order valence-corrected chi connectivity index (χ0v) is 26.0. The number of anilines is 2. The summed E-state index contributed by atoms with van der Waals surface area (Å²) in [5.74, 6) is -1.54. The molecule has 236 valence electrons. The van der Waals surface area contributed by atoms with E-state index in [1.807, 2.05) is 36.4 Å². The van der Waals surface area contributed by atoms with Gasteiger partial charge in [-0.05, 0) is 78.4 Å². The van der Waals surface area contributed by atoms with E-state index in [9.17, 15) is 23.9 Å². The van der Waals surface area contributed by atoms with Gasteiger partial charge in [-0.1, -0.05) is 54.6 Å². The molecular weight excluding hydrogens is 617 g/mol. The Balaban J connectivity index is 1.40. The van der Waals surface area contributed by atoms with E-state index in [4.69, 9.17) is 4.74 Å². The lowest BCUT2D eigenvalue weighted by Gasteiger charge is -2.18. The van der Waals surface area contributed by atoms with Crippen LogP contribution >= 0.6 is 11.8 Å². The molecular formula is C37H30FN3O5S. The number of hydrogen-bond donors (Lipinski definition) is 4. The molecule has 3 amide bonds. The van der Waals surface area contributed by atoms with Gasteiger partial charge in [0.2, 0.25) is 5.91 Å². The second-order valence-electron chi connectivity index (χ2n) is 10.2. The molecule has 1 unspecified atom stereocenters. The van der Waals surface area contributed by atoms with Gasteiger partial charge in [0.05, 0.1) is 7.11 Å². The third-order valence-electron chi connectivity index (χ3n) is 6.84. The molecule has 0 aromatic heterocycles. The highest BCUT2D eigenvalue weighted by molar-refractivity contribution is 8.00. The van der Waals surface area contributed by atoms with E-state index in [0.29, 0.717) is 33.1 Å². The summed E-state index contributed by atoms with van der Waals surface area (Å²) in [6, 6.07) is 34.6. The number of phenols is 1. The summed E-state index contributed by atoms with van der Waals surface area (Å²) in [5.41, 5.74) is 2.37. The van der Waals surface area contributed by atoms with E-state index in [1.54, 1.807) is 54.6 Å². The number of ether oxygens (including phenoxy) is 1. The molecule has 0 spiro atoms. The first kappa shape index (κ1) is 32.5. The highest BCUT2D eigenvalue weighted by Crippen LogP contribution is 2.37. The average molecular weight is 648 g/mol. The van der Waals surface area contributed by atoms with Crippen molar-refractivity contribution in [1.82, 2.24) is 5.32 Å². The quantitative estimate of drug-likeness (QED) is 0.0876. The first-order valence-corrected chi connectivity index (χ1v) is 15.3. The molecule has 1 atom stereocenters. The molecule has 8 nitrogen and oxygen atoms in total. The Bertz CT molecular complexity index is 1900. The Morgan fingerprint density at radius 3 is 2.19 bits per heavy atom. The highest BCUT2D eigenvalue weighted by Gasteiger charge is 2.23. The van der Waals surface area contributed by atoms with E-state index in [0.717, 1.165) is 5.56 Å². The first-order chi connectivity index (χ1) is 22.8. The van der Waals surface area contributed by atoms with Crippen molar-refractivity contribution in [3.05, 3.63) is 156 Å². The Hall–Kier alpha value is -5.87. The van der Waals surface area contributed by atoms with E-state index >= 15 is 0 Å². The smallest absolute Gasteiger partial charge is 0.272 e. The number of halogens is 1. The molecule has 0 bridgehead atoms. The number of rotatable bonds is 11. The number of thioether (sulfide) groups is 1. The van der Waals surface area contributed by atoms with Crippen molar-refractivity contribution >= 4 is 46.9 Å². The summed E-state index contributed by atoms with van der Waals surface area (Å²) in [6.45, 7) is 0. The summed E-state index contributed by atoms with van der Waals surface area (Å²) < 4.78 is 18.8. The molecule has 0 fully saturated rings. The molecule has 10 heteroatoms.